The minimum absolute atomic E-state index is 0.322. The Labute approximate surface area is 94.5 Å². The molecule has 0 aromatic rings. The van der Waals surface area contributed by atoms with Crippen LogP contribution in [0, 0.1) is 0 Å². The first-order valence-electron chi connectivity index (χ1n) is 5.60. The van der Waals surface area contributed by atoms with E-state index in [1.165, 1.54) is 0 Å². The number of aliphatic carboxylic acids is 1. The van der Waals surface area contributed by atoms with Gasteiger partial charge in [0, 0.05) is 12.2 Å². The first-order valence-corrected chi connectivity index (χ1v) is 6.99. The molecule has 0 aromatic heterocycles. The lowest BCUT2D eigenvalue weighted by Gasteiger charge is -2.13. The number of hydrogen-bond donors (Lipinski definition) is 1. The number of carboxylic acids is 1. The molecule has 0 aliphatic rings. The highest BCUT2D eigenvalue weighted by Gasteiger charge is 2.09. The summed E-state index contributed by atoms with van der Waals surface area (Å²) in [5.41, 5.74) is 1.01. The normalized spacial score (nSPS) is 13.2. The van der Waals surface area contributed by atoms with Gasteiger partial charge in [-0.25, -0.2) is 4.79 Å². The van der Waals surface area contributed by atoms with Crippen LogP contribution in [0.25, 0.3) is 0 Å². The molecule has 1 unspecified atom stereocenters. The summed E-state index contributed by atoms with van der Waals surface area (Å²) in [6, 6.07) is 0. The van der Waals surface area contributed by atoms with Gasteiger partial charge in [0.05, 0.1) is 0 Å². The van der Waals surface area contributed by atoms with Gasteiger partial charge in [-0.3, -0.25) is 0 Å². The molecule has 1 atom stereocenters. The van der Waals surface area contributed by atoms with Crippen LogP contribution in [0.3, 0.4) is 0 Å². The zero-order valence-corrected chi connectivity index (χ0v) is 11.2. The van der Waals surface area contributed by atoms with E-state index in [4.69, 9.17) is 9.53 Å². The summed E-state index contributed by atoms with van der Waals surface area (Å²) < 4.78 is 5.49. The predicted octanol–water partition coefficient (Wildman–Crippen LogP) is 2.12. The van der Waals surface area contributed by atoms with Gasteiger partial charge in [0.2, 0.25) is 0 Å². The molecule has 3 nitrogen and oxygen atoms in total. The average Bonchev–Trinajstić information content (AvgIpc) is 2.22. The van der Waals surface area contributed by atoms with Crippen molar-refractivity contribution < 1.29 is 14.3 Å². The van der Waals surface area contributed by atoms with Gasteiger partial charge < -0.3 is 9.53 Å². The lowest BCUT2D eigenvalue weighted by Crippen LogP contribution is -2.08. The highest BCUT2D eigenvalue weighted by Crippen LogP contribution is 2.19. The zero-order valence-electron chi connectivity index (χ0n) is 9.79. The van der Waals surface area contributed by atoms with E-state index in [-0.39, 0.29) is 0 Å². The quantitative estimate of drug-likeness (QED) is 0.487. The van der Waals surface area contributed by atoms with E-state index in [2.05, 4.69) is 13.5 Å². The highest BCUT2D eigenvalue weighted by atomic mass is 28.2. The third-order valence-corrected chi connectivity index (χ3v) is 4.63. The van der Waals surface area contributed by atoms with Crippen LogP contribution in [0.1, 0.15) is 39.5 Å². The molecule has 0 heterocycles. The molecular formula is C11H22O3Si. The smallest absolute Gasteiger partial charge is 0.330 e. The van der Waals surface area contributed by atoms with Crippen molar-refractivity contribution in [1.29, 1.82) is 0 Å². The Bertz CT molecular complexity index is 204. The fourth-order valence-corrected chi connectivity index (χ4v) is 2.66. The van der Waals surface area contributed by atoms with E-state index in [0.717, 1.165) is 25.9 Å². The fraction of sp³-hybridized carbons (Fsp3) is 0.727. The molecule has 0 rings (SSSR count). The van der Waals surface area contributed by atoms with Crippen LogP contribution in [0.2, 0.25) is 5.54 Å². The van der Waals surface area contributed by atoms with E-state index >= 15 is 0 Å². The van der Waals surface area contributed by atoms with E-state index < -0.39 is 15.7 Å². The van der Waals surface area contributed by atoms with Crippen LogP contribution < -0.4 is 0 Å². The molecule has 0 amide bonds. The maximum atomic E-state index is 10.5. The second-order valence-corrected chi connectivity index (χ2v) is 5.63. The maximum Gasteiger partial charge on any atom is 0.330 e. The van der Waals surface area contributed by atoms with Crippen molar-refractivity contribution in [3.8, 4) is 0 Å². The molecule has 0 spiro atoms. The molecule has 0 radical (unpaired) electrons. The Hall–Kier alpha value is -0.613. The Morgan fingerprint density at radius 2 is 2.20 bits per heavy atom. The monoisotopic (exact) mass is 230 g/mol. The summed E-state index contributed by atoms with van der Waals surface area (Å²) in [4.78, 5) is 10.5. The molecule has 0 saturated heterocycles. The second kappa shape index (κ2) is 8.68. The zero-order chi connectivity index (χ0) is 11.7. The van der Waals surface area contributed by atoms with Crippen molar-refractivity contribution in [3.05, 3.63) is 12.2 Å². The van der Waals surface area contributed by atoms with Gasteiger partial charge in [-0.1, -0.05) is 26.3 Å². The van der Waals surface area contributed by atoms with Crippen LogP contribution in [-0.2, 0) is 9.22 Å². The minimum atomic E-state index is -0.870. The Morgan fingerprint density at radius 1 is 1.53 bits per heavy atom. The summed E-state index contributed by atoms with van der Waals surface area (Å²) in [6.07, 6.45) is 3.75. The van der Waals surface area contributed by atoms with Gasteiger partial charge in [-0.2, -0.15) is 0 Å². The molecular weight excluding hydrogens is 208 g/mol. The van der Waals surface area contributed by atoms with Gasteiger partial charge in [0.15, 0.2) is 9.76 Å². The van der Waals surface area contributed by atoms with Crippen molar-refractivity contribution in [1.82, 2.24) is 0 Å². The van der Waals surface area contributed by atoms with Gasteiger partial charge in [-0.15, -0.1) is 0 Å². The standard InChI is InChI=1S/C11H22O3Si/c1-4-10(15-14-5-2)8-6-7-9(3)11(12)13/h10H,3-8,15H2,1-2H3,(H,12,13). The topological polar surface area (TPSA) is 46.5 Å². The number of hydrogen-bond acceptors (Lipinski definition) is 2. The largest absolute Gasteiger partial charge is 0.478 e. The highest BCUT2D eigenvalue weighted by molar-refractivity contribution is 6.29. The van der Waals surface area contributed by atoms with Crippen molar-refractivity contribution in [2.75, 3.05) is 6.61 Å². The molecule has 0 aromatic carbocycles. The minimum Gasteiger partial charge on any atom is -0.478 e. The Kier molecular flexibility index (Phi) is 8.32. The number of rotatable bonds is 9. The van der Waals surface area contributed by atoms with Crippen molar-refractivity contribution in [3.63, 3.8) is 0 Å². The summed E-state index contributed by atoms with van der Waals surface area (Å²) in [7, 11) is -0.416. The van der Waals surface area contributed by atoms with Crippen LogP contribution in [-0.4, -0.2) is 27.4 Å². The van der Waals surface area contributed by atoms with Crippen molar-refractivity contribution in [2.24, 2.45) is 0 Å². The molecule has 1 N–H and O–H groups in total. The van der Waals surface area contributed by atoms with E-state index in [0.29, 0.717) is 17.5 Å². The molecule has 0 saturated carbocycles. The summed E-state index contributed by atoms with van der Waals surface area (Å²) in [5, 5.41) is 8.63. The lowest BCUT2D eigenvalue weighted by atomic mass is 10.1. The molecule has 15 heavy (non-hydrogen) atoms. The van der Waals surface area contributed by atoms with Crippen molar-refractivity contribution in [2.45, 2.75) is 45.1 Å². The third-order valence-electron chi connectivity index (χ3n) is 2.53. The SMILES string of the molecule is C=C(CCCC(CC)[SiH2]OCC)C(=O)O. The Morgan fingerprint density at radius 3 is 2.67 bits per heavy atom. The van der Waals surface area contributed by atoms with Gasteiger partial charge in [-0.05, 0) is 25.3 Å². The van der Waals surface area contributed by atoms with Gasteiger partial charge in [0.1, 0.15) is 0 Å². The van der Waals surface area contributed by atoms with Crippen LogP contribution in [0.5, 0.6) is 0 Å². The van der Waals surface area contributed by atoms with Gasteiger partial charge in [0.25, 0.3) is 0 Å². The second-order valence-electron chi connectivity index (χ2n) is 3.73. The van der Waals surface area contributed by atoms with Crippen LogP contribution >= 0.6 is 0 Å². The predicted molar refractivity (Wildman–Crippen MR) is 64.8 cm³/mol. The molecule has 88 valence electrons. The third kappa shape index (κ3) is 7.33. The van der Waals surface area contributed by atoms with E-state index in [9.17, 15) is 4.79 Å². The molecule has 0 aliphatic carbocycles. The molecule has 4 heteroatoms. The first kappa shape index (κ1) is 14.4. The summed E-state index contributed by atoms with van der Waals surface area (Å²) in [5.74, 6) is -0.870. The van der Waals surface area contributed by atoms with E-state index in [1.807, 2.05) is 6.92 Å². The molecule has 0 aliphatic heterocycles. The molecule has 0 fully saturated rings. The maximum absolute atomic E-state index is 10.5. The van der Waals surface area contributed by atoms with Crippen molar-refractivity contribution >= 4 is 15.7 Å². The first-order chi connectivity index (χ1) is 7.11. The number of carbonyl (C=O) groups is 1. The lowest BCUT2D eigenvalue weighted by molar-refractivity contribution is -0.132. The fourth-order valence-electron chi connectivity index (χ4n) is 1.40. The summed E-state index contributed by atoms with van der Waals surface area (Å²) in [6.45, 7) is 8.52. The Balaban J connectivity index is 3.62. The van der Waals surface area contributed by atoms with Crippen LogP contribution in [0.15, 0.2) is 12.2 Å². The van der Waals surface area contributed by atoms with Crippen LogP contribution in [0.4, 0.5) is 0 Å². The molecule has 0 bridgehead atoms. The average molecular weight is 230 g/mol. The summed E-state index contributed by atoms with van der Waals surface area (Å²) >= 11 is 0. The number of carboxylic acid groups (broad SMARTS) is 1. The van der Waals surface area contributed by atoms with E-state index in [1.54, 1.807) is 0 Å². The van der Waals surface area contributed by atoms with Gasteiger partial charge >= 0.3 is 5.97 Å².